The largest absolute Gasteiger partial charge is 0.493 e. The molecule has 4 aromatic carbocycles. The minimum absolute atomic E-state index is 0.0903. The number of benzene rings is 4. The number of aliphatic hydroxyl groups excluding tert-OH is 2. The Kier molecular flexibility index (Phi) is 18.4. The van der Waals surface area contributed by atoms with E-state index in [9.17, 15) is 19.8 Å². The van der Waals surface area contributed by atoms with Crippen molar-refractivity contribution < 1.29 is 58.4 Å². The van der Waals surface area contributed by atoms with Crippen LogP contribution in [0, 0.1) is 25.7 Å². The number of nitrogens with one attached hydrogen (secondary N) is 1. The van der Waals surface area contributed by atoms with Crippen molar-refractivity contribution in [3.8, 4) is 34.1 Å². The van der Waals surface area contributed by atoms with Gasteiger partial charge in [0, 0.05) is 55.8 Å². The van der Waals surface area contributed by atoms with Crippen molar-refractivity contribution in [2.24, 2.45) is 11.8 Å². The van der Waals surface area contributed by atoms with E-state index in [1.54, 1.807) is 12.1 Å². The number of carbonyl (C=O) groups is 2. The molecule has 64 heavy (non-hydrogen) atoms. The minimum atomic E-state index is -1.07. The van der Waals surface area contributed by atoms with E-state index in [1.165, 1.54) is 0 Å². The summed E-state index contributed by atoms with van der Waals surface area (Å²) >= 11 is 13.6. The molecule has 0 bridgehead atoms. The summed E-state index contributed by atoms with van der Waals surface area (Å²) in [7, 11) is 0. The number of rotatable bonds is 25. The van der Waals surface area contributed by atoms with Crippen LogP contribution in [0.25, 0.3) is 11.1 Å². The molecular formula is C49H59Cl2NO12. The maximum Gasteiger partial charge on any atom is 0.306 e. The third kappa shape index (κ3) is 14.2. The molecule has 2 heterocycles. The zero-order valence-corrected chi connectivity index (χ0v) is 37.9. The van der Waals surface area contributed by atoms with E-state index in [4.69, 9.17) is 61.8 Å². The van der Waals surface area contributed by atoms with E-state index in [0.717, 1.165) is 57.3 Å². The van der Waals surface area contributed by atoms with Crippen LogP contribution in [0.2, 0.25) is 10.0 Å². The third-order valence-corrected chi connectivity index (χ3v) is 12.3. The molecule has 2 saturated heterocycles. The summed E-state index contributed by atoms with van der Waals surface area (Å²) in [5.74, 6) is 0.585. The first-order valence-corrected chi connectivity index (χ1v) is 22.6. The Morgan fingerprint density at radius 3 is 1.69 bits per heavy atom. The molecule has 2 fully saturated rings. The van der Waals surface area contributed by atoms with E-state index in [0.29, 0.717) is 98.5 Å². The normalized spacial score (nSPS) is 17.0. The Morgan fingerprint density at radius 1 is 0.688 bits per heavy atom. The van der Waals surface area contributed by atoms with Gasteiger partial charge >= 0.3 is 11.9 Å². The average Bonchev–Trinajstić information content (AvgIpc) is 3.98. The number of hydrogen-bond donors (Lipinski definition) is 5. The number of halogens is 2. The Labute approximate surface area is 384 Å². The molecular weight excluding hydrogens is 865 g/mol. The molecule has 2 unspecified atom stereocenters. The van der Waals surface area contributed by atoms with Crippen molar-refractivity contribution in [3.63, 3.8) is 0 Å². The molecule has 0 aromatic heterocycles. The lowest BCUT2D eigenvalue weighted by atomic mass is 9.92. The van der Waals surface area contributed by atoms with Gasteiger partial charge in [-0.1, -0.05) is 59.6 Å². The SMILES string of the molecule is Cc1c(COc2cc(OCC3CCOC3)c(CCC[C@@H](O)CC(=O)O)cc2Cl)cccc1-c1cccc(COc2cc(OCC3CCOC3)c(CNC[C@@H](O)CC(=O)O)cc2Cl)c1C. The van der Waals surface area contributed by atoms with Crippen molar-refractivity contribution >= 4 is 35.1 Å². The monoisotopic (exact) mass is 923 g/mol. The molecule has 0 amide bonds. The number of ether oxygens (including phenoxy) is 6. The highest BCUT2D eigenvalue weighted by atomic mass is 35.5. The number of aliphatic hydroxyl groups is 2. The summed E-state index contributed by atoms with van der Waals surface area (Å²) in [4.78, 5) is 22.0. The molecule has 13 nitrogen and oxygen atoms in total. The molecule has 6 rings (SSSR count). The maximum atomic E-state index is 11.0. The molecule has 4 atom stereocenters. The summed E-state index contributed by atoms with van der Waals surface area (Å²) in [6.07, 6.45) is 0.650. The zero-order valence-electron chi connectivity index (χ0n) is 36.4. The highest BCUT2D eigenvalue weighted by Crippen LogP contribution is 2.38. The molecule has 15 heteroatoms. The van der Waals surface area contributed by atoms with Gasteiger partial charge in [0.25, 0.3) is 0 Å². The minimum Gasteiger partial charge on any atom is -0.493 e. The van der Waals surface area contributed by atoms with Gasteiger partial charge in [-0.25, -0.2) is 0 Å². The van der Waals surface area contributed by atoms with E-state index in [-0.39, 0.29) is 44.4 Å². The Balaban J connectivity index is 1.14. The number of carboxylic acids is 2. The van der Waals surface area contributed by atoms with Crippen LogP contribution < -0.4 is 24.3 Å². The zero-order chi connectivity index (χ0) is 45.6. The predicted molar refractivity (Wildman–Crippen MR) is 243 cm³/mol. The first-order valence-electron chi connectivity index (χ1n) is 21.8. The first-order chi connectivity index (χ1) is 30.8. The number of carboxylic acid groups (broad SMARTS) is 2. The van der Waals surface area contributed by atoms with Crippen molar-refractivity contribution in [1.29, 1.82) is 0 Å². The number of aryl methyl sites for hydroxylation is 1. The predicted octanol–water partition coefficient (Wildman–Crippen LogP) is 8.35. The highest BCUT2D eigenvalue weighted by Gasteiger charge is 2.22. The van der Waals surface area contributed by atoms with Gasteiger partial charge in [-0.3, -0.25) is 9.59 Å². The van der Waals surface area contributed by atoms with Gasteiger partial charge in [0.1, 0.15) is 36.2 Å². The summed E-state index contributed by atoms with van der Waals surface area (Å²) in [5, 5.41) is 42.1. The molecule has 0 spiro atoms. The van der Waals surface area contributed by atoms with Crippen LogP contribution in [0.1, 0.15) is 71.9 Å². The topological polar surface area (TPSA) is 182 Å². The van der Waals surface area contributed by atoms with Gasteiger partial charge in [0.15, 0.2) is 0 Å². The van der Waals surface area contributed by atoms with Gasteiger partial charge in [0.2, 0.25) is 0 Å². The van der Waals surface area contributed by atoms with Crippen LogP contribution in [-0.4, -0.2) is 90.8 Å². The molecule has 2 aliphatic heterocycles. The summed E-state index contributed by atoms with van der Waals surface area (Å²) < 4.78 is 36.4. The lowest BCUT2D eigenvalue weighted by Gasteiger charge is -2.19. The van der Waals surface area contributed by atoms with Crippen molar-refractivity contribution in [2.75, 3.05) is 46.2 Å². The van der Waals surface area contributed by atoms with E-state index >= 15 is 0 Å². The fourth-order valence-electron chi connectivity index (χ4n) is 7.87. The van der Waals surface area contributed by atoms with Gasteiger partial charge in [-0.15, -0.1) is 0 Å². The maximum absolute atomic E-state index is 11.0. The fraction of sp³-hybridized carbons (Fsp3) is 0.469. The Morgan fingerprint density at radius 2 is 1.19 bits per heavy atom. The number of hydrogen-bond acceptors (Lipinski definition) is 11. The fourth-order valence-corrected chi connectivity index (χ4v) is 8.35. The van der Waals surface area contributed by atoms with Gasteiger partial charge in [-0.2, -0.15) is 0 Å². The second-order valence-corrected chi connectivity index (χ2v) is 17.5. The summed E-state index contributed by atoms with van der Waals surface area (Å²) in [5.41, 5.74) is 7.74. The number of aliphatic carboxylic acids is 2. The second-order valence-electron chi connectivity index (χ2n) is 16.6. The van der Waals surface area contributed by atoms with Crippen LogP contribution in [0.3, 0.4) is 0 Å². The quantitative estimate of drug-likeness (QED) is 0.0428. The van der Waals surface area contributed by atoms with Crippen molar-refractivity contribution in [1.82, 2.24) is 5.32 Å². The van der Waals surface area contributed by atoms with Crippen LogP contribution in [-0.2, 0) is 45.2 Å². The van der Waals surface area contributed by atoms with Crippen LogP contribution in [0.5, 0.6) is 23.0 Å². The second kappa shape index (κ2) is 24.1. The van der Waals surface area contributed by atoms with Gasteiger partial charge < -0.3 is 54.2 Å². The van der Waals surface area contributed by atoms with Crippen LogP contribution in [0.15, 0.2) is 60.7 Å². The molecule has 0 radical (unpaired) electrons. The molecule has 0 saturated carbocycles. The molecule has 2 aliphatic rings. The summed E-state index contributed by atoms with van der Waals surface area (Å²) in [6.45, 7) is 8.63. The lowest BCUT2D eigenvalue weighted by Crippen LogP contribution is -2.28. The van der Waals surface area contributed by atoms with Crippen LogP contribution >= 0.6 is 23.2 Å². The van der Waals surface area contributed by atoms with E-state index in [1.807, 2.05) is 36.4 Å². The molecule has 5 N–H and O–H groups in total. The average molecular weight is 925 g/mol. The standard InChI is InChI=1S/C49H59Cl2NO12/c1-30-35(28-63-46-20-44(61-26-32-12-14-59-24-32)34(16-42(46)50)6-3-9-38(53)18-48(55)56)7-4-10-40(30)41-11-5-8-36(31(41)2)29-64-47-21-45(62-27-33-13-15-60-25-33)37(17-43(47)51)22-52-23-39(54)19-49(57)58/h4-5,7-8,10-11,16-17,20-21,32-33,38-39,52-54H,3,6,9,12-15,18-19,22-29H2,1-2H3,(H,55,56)(H,57,58)/t32?,33?,38-,39+/m1/s1. The lowest BCUT2D eigenvalue weighted by molar-refractivity contribution is -0.140. The Hall–Kier alpha value is -4.60. The van der Waals surface area contributed by atoms with Gasteiger partial charge in [0.05, 0.1) is 61.5 Å². The first kappa shape index (κ1) is 48.8. The molecule has 4 aromatic rings. The van der Waals surface area contributed by atoms with Crippen molar-refractivity contribution in [3.05, 3.63) is 104 Å². The van der Waals surface area contributed by atoms with Crippen LogP contribution in [0.4, 0.5) is 0 Å². The Bertz CT molecular complexity index is 2040. The smallest absolute Gasteiger partial charge is 0.306 e. The highest BCUT2D eigenvalue weighted by molar-refractivity contribution is 6.32. The third-order valence-electron chi connectivity index (χ3n) is 11.7. The van der Waals surface area contributed by atoms with Gasteiger partial charge in [-0.05, 0) is 97.0 Å². The molecule has 0 aliphatic carbocycles. The summed E-state index contributed by atoms with van der Waals surface area (Å²) in [6, 6.07) is 19.4. The molecule has 346 valence electrons. The van der Waals surface area contributed by atoms with Crippen molar-refractivity contribution in [2.45, 2.75) is 90.8 Å². The van der Waals surface area contributed by atoms with E-state index in [2.05, 4.69) is 31.3 Å². The van der Waals surface area contributed by atoms with E-state index < -0.39 is 24.1 Å².